The molecule has 0 fully saturated rings. The number of para-hydroxylation sites is 1. The molecule has 5 aromatic rings. The monoisotopic (exact) mass is 613 g/mol. The number of amides is 1. The van der Waals surface area contributed by atoms with E-state index in [0.29, 0.717) is 46.6 Å². The normalized spacial score (nSPS) is 11.1. The second-order valence-corrected chi connectivity index (χ2v) is 10.1. The highest BCUT2D eigenvalue weighted by atomic mass is 79.9. The van der Waals surface area contributed by atoms with Crippen molar-refractivity contribution in [2.45, 2.75) is 13.5 Å². The molecule has 0 spiro atoms. The zero-order valence-electron chi connectivity index (χ0n) is 21.6. The van der Waals surface area contributed by atoms with Crippen LogP contribution in [0.15, 0.2) is 107 Å². The number of hydrazone groups is 1. The Balaban J connectivity index is 1.36. The number of fused-ring (bicyclic) bond motifs is 1. The first kappa shape index (κ1) is 27.4. The summed E-state index contributed by atoms with van der Waals surface area (Å²) >= 11 is 10.0. The lowest BCUT2D eigenvalue weighted by atomic mass is 10.0. The van der Waals surface area contributed by atoms with Crippen LogP contribution in [0.3, 0.4) is 0 Å². The van der Waals surface area contributed by atoms with Crippen molar-refractivity contribution in [3.05, 3.63) is 123 Å². The molecule has 1 aromatic heterocycles. The Morgan fingerprint density at radius 3 is 2.50 bits per heavy atom. The van der Waals surface area contributed by atoms with Gasteiger partial charge in [-0.15, -0.1) is 0 Å². The molecule has 0 aliphatic heterocycles. The summed E-state index contributed by atoms with van der Waals surface area (Å²) in [4.78, 5) is 18.0. The van der Waals surface area contributed by atoms with Crippen molar-refractivity contribution in [3.63, 3.8) is 0 Å². The number of benzene rings is 4. The van der Waals surface area contributed by atoms with E-state index in [4.69, 9.17) is 26.1 Å². The van der Waals surface area contributed by atoms with E-state index in [2.05, 4.69) is 26.5 Å². The van der Waals surface area contributed by atoms with Crippen molar-refractivity contribution >= 4 is 50.6 Å². The first-order valence-corrected chi connectivity index (χ1v) is 13.8. The number of nitrogens with one attached hydrogen (secondary N) is 1. The highest BCUT2D eigenvalue weighted by molar-refractivity contribution is 9.10. The molecule has 6 nitrogen and oxygen atoms in total. The molecule has 1 amide bonds. The smallest absolute Gasteiger partial charge is 0.272 e. The van der Waals surface area contributed by atoms with Gasteiger partial charge in [0.25, 0.3) is 5.91 Å². The number of carbonyl (C=O) groups excluding carboxylic acids is 1. The molecular formula is C32H25BrClN3O3. The number of hydrogen-bond donors (Lipinski definition) is 1. The van der Waals surface area contributed by atoms with Gasteiger partial charge in [0.15, 0.2) is 11.5 Å². The molecule has 0 saturated heterocycles. The van der Waals surface area contributed by atoms with Crippen LogP contribution in [-0.4, -0.2) is 23.7 Å². The van der Waals surface area contributed by atoms with Gasteiger partial charge in [-0.3, -0.25) is 4.79 Å². The maximum Gasteiger partial charge on any atom is 0.272 e. The van der Waals surface area contributed by atoms with Gasteiger partial charge in [-0.1, -0.05) is 88.2 Å². The molecule has 0 unspecified atom stereocenters. The minimum atomic E-state index is -0.349. The lowest BCUT2D eigenvalue weighted by Gasteiger charge is -2.14. The van der Waals surface area contributed by atoms with Crippen LogP contribution in [0.2, 0.25) is 5.02 Å². The number of carbonyl (C=O) groups is 1. The molecule has 0 atom stereocenters. The Morgan fingerprint density at radius 2 is 1.73 bits per heavy atom. The molecule has 200 valence electrons. The molecule has 0 bridgehead atoms. The average molecular weight is 615 g/mol. The summed E-state index contributed by atoms with van der Waals surface area (Å²) < 4.78 is 12.8. The largest absolute Gasteiger partial charge is 0.490 e. The van der Waals surface area contributed by atoms with Crippen molar-refractivity contribution in [3.8, 4) is 22.8 Å². The van der Waals surface area contributed by atoms with Gasteiger partial charge in [-0.2, -0.15) is 5.10 Å². The third-order valence-corrected chi connectivity index (χ3v) is 6.85. The highest BCUT2D eigenvalue weighted by Gasteiger charge is 2.15. The predicted octanol–water partition coefficient (Wildman–Crippen LogP) is 8.06. The number of halogens is 2. The minimum Gasteiger partial charge on any atom is -0.490 e. The van der Waals surface area contributed by atoms with Crippen molar-refractivity contribution in [1.82, 2.24) is 10.4 Å². The molecular weight excluding hydrogens is 590 g/mol. The molecule has 0 radical (unpaired) electrons. The fourth-order valence-corrected chi connectivity index (χ4v) is 4.69. The van der Waals surface area contributed by atoms with Crippen LogP contribution in [-0.2, 0) is 6.61 Å². The van der Waals surface area contributed by atoms with E-state index in [0.717, 1.165) is 26.5 Å². The van der Waals surface area contributed by atoms with Crippen LogP contribution in [0.5, 0.6) is 11.5 Å². The fraction of sp³-hybridized carbons (Fsp3) is 0.0938. The van der Waals surface area contributed by atoms with Gasteiger partial charge in [0.05, 0.1) is 34.6 Å². The number of rotatable bonds is 9. The van der Waals surface area contributed by atoms with Gasteiger partial charge >= 0.3 is 0 Å². The Bertz CT molecular complexity index is 1680. The molecule has 1 heterocycles. The summed E-state index contributed by atoms with van der Waals surface area (Å²) in [5.74, 6) is 0.592. The van der Waals surface area contributed by atoms with Crippen LogP contribution >= 0.6 is 27.5 Å². The van der Waals surface area contributed by atoms with Gasteiger partial charge in [-0.25, -0.2) is 10.4 Å². The maximum absolute atomic E-state index is 13.2. The second-order valence-electron chi connectivity index (χ2n) is 8.82. The minimum absolute atomic E-state index is 0.335. The topological polar surface area (TPSA) is 72.8 Å². The molecule has 0 saturated carbocycles. The third-order valence-electron chi connectivity index (χ3n) is 6.04. The first-order valence-electron chi connectivity index (χ1n) is 12.6. The van der Waals surface area contributed by atoms with E-state index in [-0.39, 0.29) is 5.91 Å². The second kappa shape index (κ2) is 12.8. The molecule has 5 rings (SSSR count). The maximum atomic E-state index is 13.2. The number of aromatic nitrogens is 1. The molecule has 4 aromatic carbocycles. The SMILES string of the molecule is CCOc1cc(/C=N/NC(=O)c2cc(-c3ccccc3)nc3ccccc23)cc(Cl)c1OCc1ccc(Br)cc1. The molecule has 1 N–H and O–H groups in total. The van der Waals surface area contributed by atoms with Crippen LogP contribution in [0, 0.1) is 0 Å². The summed E-state index contributed by atoms with van der Waals surface area (Å²) in [7, 11) is 0. The zero-order valence-corrected chi connectivity index (χ0v) is 23.9. The molecule has 8 heteroatoms. The van der Waals surface area contributed by atoms with Gasteiger partial charge in [0.2, 0.25) is 0 Å². The molecule has 0 aliphatic carbocycles. The number of pyridine rings is 1. The summed E-state index contributed by atoms with van der Waals surface area (Å²) in [6.45, 7) is 2.65. The van der Waals surface area contributed by atoms with Gasteiger partial charge in [0, 0.05) is 15.4 Å². The highest BCUT2D eigenvalue weighted by Crippen LogP contribution is 2.37. The van der Waals surface area contributed by atoms with E-state index in [1.807, 2.05) is 85.8 Å². The van der Waals surface area contributed by atoms with Crippen LogP contribution in [0.4, 0.5) is 0 Å². The van der Waals surface area contributed by atoms with E-state index in [1.54, 1.807) is 18.2 Å². The van der Waals surface area contributed by atoms with Crippen LogP contribution < -0.4 is 14.9 Å². The van der Waals surface area contributed by atoms with E-state index < -0.39 is 0 Å². The zero-order chi connectivity index (χ0) is 27.9. The van der Waals surface area contributed by atoms with Gasteiger partial charge in [0.1, 0.15) is 6.61 Å². The van der Waals surface area contributed by atoms with Crippen molar-refractivity contribution in [2.75, 3.05) is 6.61 Å². The van der Waals surface area contributed by atoms with E-state index in [9.17, 15) is 4.79 Å². The fourth-order valence-electron chi connectivity index (χ4n) is 4.15. The summed E-state index contributed by atoms with van der Waals surface area (Å²) in [6, 6.07) is 30.4. The lowest BCUT2D eigenvalue weighted by Crippen LogP contribution is -2.18. The van der Waals surface area contributed by atoms with E-state index >= 15 is 0 Å². The number of hydrogen-bond acceptors (Lipinski definition) is 5. The Hall–Kier alpha value is -4.20. The average Bonchev–Trinajstić information content (AvgIpc) is 2.97. The van der Waals surface area contributed by atoms with E-state index in [1.165, 1.54) is 6.21 Å². The van der Waals surface area contributed by atoms with Gasteiger partial charge < -0.3 is 9.47 Å². The Kier molecular flexibility index (Phi) is 8.74. The lowest BCUT2D eigenvalue weighted by molar-refractivity contribution is 0.0956. The summed E-state index contributed by atoms with van der Waals surface area (Å²) in [6.07, 6.45) is 1.52. The number of nitrogens with zero attached hydrogens (tertiary/aromatic N) is 2. The summed E-state index contributed by atoms with van der Waals surface area (Å²) in [5.41, 5.74) is 7.12. The van der Waals surface area contributed by atoms with Crippen molar-refractivity contribution in [1.29, 1.82) is 0 Å². The van der Waals surface area contributed by atoms with Gasteiger partial charge in [-0.05, 0) is 54.4 Å². The Morgan fingerprint density at radius 1 is 0.975 bits per heavy atom. The standard InChI is InChI=1S/C32H25BrClN3O3/c1-2-39-30-17-22(16-27(34)31(30)40-20-21-12-14-24(33)15-13-21)19-35-37-32(38)26-18-29(23-8-4-3-5-9-23)36-28-11-7-6-10-25(26)28/h3-19H,2,20H2,1H3,(H,37,38)/b35-19+. The van der Waals surface area contributed by atoms with Crippen molar-refractivity contribution in [2.24, 2.45) is 5.10 Å². The number of ether oxygens (including phenoxy) is 2. The van der Waals surface area contributed by atoms with Crippen LogP contribution in [0.1, 0.15) is 28.4 Å². The Labute approximate surface area is 245 Å². The summed E-state index contributed by atoms with van der Waals surface area (Å²) in [5, 5.41) is 5.31. The first-order chi connectivity index (χ1) is 19.5. The molecule has 40 heavy (non-hydrogen) atoms. The van der Waals surface area contributed by atoms with Crippen LogP contribution in [0.25, 0.3) is 22.2 Å². The van der Waals surface area contributed by atoms with Crippen molar-refractivity contribution < 1.29 is 14.3 Å². The predicted molar refractivity (Wildman–Crippen MR) is 163 cm³/mol. The third kappa shape index (κ3) is 6.50. The quantitative estimate of drug-likeness (QED) is 0.135. The molecule has 0 aliphatic rings.